The molecule has 1 unspecified atom stereocenters. The second-order valence-corrected chi connectivity index (χ2v) is 4.56. The van der Waals surface area contributed by atoms with Gasteiger partial charge in [-0.05, 0) is 12.8 Å². The zero-order chi connectivity index (χ0) is 15.1. The van der Waals surface area contributed by atoms with E-state index in [9.17, 15) is 0 Å². The van der Waals surface area contributed by atoms with E-state index in [1.807, 2.05) is 0 Å². The van der Waals surface area contributed by atoms with Crippen LogP contribution in [-0.2, 0) is 9.47 Å². The maximum atomic E-state index is 5.86. The van der Waals surface area contributed by atoms with Gasteiger partial charge in [0.2, 0.25) is 0 Å². The zero-order valence-corrected chi connectivity index (χ0v) is 13.1. The number of amidine groups is 1. The molecule has 0 saturated carbocycles. The first-order valence-corrected chi connectivity index (χ1v) is 7.48. The van der Waals surface area contributed by atoms with E-state index in [0.717, 1.165) is 19.3 Å². The van der Waals surface area contributed by atoms with E-state index in [0.29, 0.717) is 25.3 Å². The third-order valence-corrected chi connectivity index (χ3v) is 2.85. The van der Waals surface area contributed by atoms with Gasteiger partial charge in [0.1, 0.15) is 6.61 Å². The van der Waals surface area contributed by atoms with Gasteiger partial charge in [0.25, 0.3) is 0 Å². The van der Waals surface area contributed by atoms with Crippen molar-refractivity contribution >= 4 is 12.2 Å². The Kier molecular flexibility index (Phi) is 13.1. The van der Waals surface area contributed by atoms with Crippen LogP contribution in [0, 0.1) is 12.3 Å². The molecule has 114 valence electrons. The molecule has 0 aromatic carbocycles. The van der Waals surface area contributed by atoms with Crippen molar-refractivity contribution in [3.8, 4) is 12.3 Å². The number of nitrogens with zero attached hydrogens (tertiary/aromatic N) is 2. The predicted octanol–water partition coefficient (Wildman–Crippen LogP) is 3.46. The van der Waals surface area contributed by atoms with Crippen LogP contribution in [0.25, 0.3) is 0 Å². The largest absolute Gasteiger partial charge is 0.461 e. The summed E-state index contributed by atoms with van der Waals surface area (Å²) in [5.74, 6) is 2.30. The van der Waals surface area contributed by atoms with E-state index in [1.54, 1.807) is 7.05 Å². The van der Waals surface area contributed by atoms with E-state index in [2.05, 4.69) is 29.8 Å². The molecule has 0 aromatic heterocycles. The highest BCUT2D eigenvalue weighted by atomic mass is 16.5. The van der Waals surface area contributed by atoms with Crippen molar-refractivity contribution in [1.29, 1.82) is 0 Å². The average Bonchev–Trinajstić information content (AvgIpc) is 2.46. The minimum absolute atomic E-state index is 0.296. The number of hydrogen-bond donors (Lipinski definition) is 0. The summed E-state index contributed by atoms with van der Waals surface area (Å²) < 4.78 is 11.2. The van der Waals surface area contributed by atoms with Crippen molar-refractivity contribution < 1.29 is 9.47 Å². The fraction of sp³-hybridized carbons (Fsp3) is 0.750. The Bertz CT molecular complexity index is 319. The third kappa shape index (κ3) is 10.6. The van der Waals surface area contributed by atoms with Crippen LogP contribution >= 0.6 is 0 Å². The number of rotatable bonds is 10. The lowest BCUT2D eigenvalue weighted by Crippen LogP contribution is -2.17. The molecule has 0 aliphatic heterocycles. The Morgan fingerprint density at radius 3 is 2.60 bits per heavy atom. The maximum absolute atomic E-state index is 5.86. The molecule has 20 heavy (non-hydrogen) atoms. The van der Waals surface area contributed by atoms with Crippen LogP contribution in [0.1, 0.15) is 52.4 Å². The van der Waals surface area contributed by atoms with Gasteiger partial charge in [-0.3, -0.25) is 0 Å². The summed E-state index contributed by atoms with van der Waals surface area (Å²) in [6.45, 7) is 5.40. The number of terminal acetylenes is 1. The van der Waals surface area contributed by atoms with Crippen molar-refractivity contribution in [2.24, 2.45) is 9.98 Å². The molecular weight excluding hydrogens is 252 g/mol. The number of hydrogen-bond acceptors (Lipinski definition) is 3. The molecule has 0 saturated heterocycles. The van der Waals surface area contributed by atoms with Gasteiger partial charge in [-0.15, -0.1) is 6.42 Å². The van der Waals surface area contributed by atoms with Crippen molar-refractivity contribution in [3.63, 3.8) is 0 Å². The molecular formula is C16H28N2O2. The second-order valence-electron chi connectivity index (χ2n) is 4.56. The lowest BCUT2D eigenvalue weighted by atomic mass is 10.1. The van der Waals surface area contributed by atoms with Crippen LogP contribution in [0.5, 0.6) is 0 Å². The van der Waals surface area contributed by atoms with Crippen LogP contribution in [-0.4, -0.2) is 38.6 Å². The monoisotopic (exact) mass is 280 g/mol. The van der Waals surface area contributed by atoms with Crippen molar-refractivity contribution in [3.05, 3.63) is 0 Å². The minimum Gasteiger partial charge on any atom is -0.461 e. The summed E-state index contributed by atoms with van der Waals surface area (Å²) in [6.07, 6.45) is 13.9. The quantitative estimate of drug-likeness (QED) is 0.266. The predicted molar refractivity (Wildman–Crippen MR) is 85.4 cm³/mol. The molecule has 4 heteroatoms. The summed E-state index contributed by atoms with van der Waals surface area (Å²) in [5.41, 5.74) is 0. The Morgan fingerprint density at radius 1 is 1.20 bits per heavy atom. The summed E-state index contributed by atoms with van der Waals surface area (Å²) in [6, 6.07) is 0.296. The van der Waals surface area contributed by atoms with Gasteiger partial charge in [0.05, 0.1) is 18.9 Å². The third-order valence-electron chi connectivity index (χ3n) is 2.85. The zero-order valence-electron chi connectivity index (χ0n) is 13.1. The highest BCUT2D eigenvalue weighted by Gasteiger charge is 2.07. The standard InChI is InChI=1S/C16H28N2O2/c1-5-8-9-11-15(10-6-2)19-13-14-20-16(17-4)18-12-7-3/h3,12,15H,5-6,8-11,13-14H2,1-2,4H3/b17-16+,18-12-. The van der Waals surface area contributed by atoms with Crippen LogP contribution < -0.4 is 0 Å². The summed E-state index contributed by atoms with van der Waals surface area (Å²) in [4.78, 5) is 7.77. The van der Waals surface area contributed by atoms with Crippen LogP contribution in [0.4, 0.5) is 0 Å². The Morgan fingerprint density at radius 2 is 2.00 bits per heavy atom. The highest BCUT2D eigenvalue weighted by molar-refractivity contribution is 5.89. The topological polar surface area (TPSA) is 43.2 Å². The van der Waals surface area contributed by atoms with Gasteiger partial charge < -0.3 is 9.47 Å². The van der Waals surface area contributed by atoms with Gasteiger partial charge in [-0.1, -0.05) is 45.5 Å². The fourth-order valence-electron chi connectivity index (χ4n) is 1.85. The van der Waals surface area contributed by atoms with Crippen molar-refractivity contribution in [2.45, 2.75) is 58.5 Å². The van der Waals surface area contributed by atoms with E-state index >= 15 is 0 Å². The summed E-state index contributed by atoms with van der Waals surface area (Å²) in [7, 11) is 1.62. The first-order chi connectivity index (χ1) is 9.78. The molecule has 0 bridgehead atoms. The molecule has 1 atom stereocenters. The normalized spacial score (nSPS) is 13.4. The SMILES string of the molecule is C#C/C=N\C(=N/C)OCCOC(CCC)CCCCC. The van der Waals surface area contributed by atoms with Gasteiger partial charge in [0, 0.05) is 7.05 Å². The second kappa shape index (κ2) is 14.1. The number of aliphatic imine (C=N–C) groups is 2. The van der Waals surface area contributed by atoms with E-state index in [4.69, 9.17) is 15.9 Å². The molecule has 0 spiro atoms. The Labute approximate surface area is 123 Å². The lowest BCUT2D eigenvalue weighted by Gasteiger charge is -2.17. The molecule has 0 amide bonds. The Hall–Kier alpha value is -1.34. The van der Waals surface area contributed by atoms with E-state index < -0.39 is 0 Å². The summed E-state index contributed by atoms with van der Waals surface area (Å²) in [5, 5.41) is 0. The van der Waals surface area contributed by atoms with Crippen molar-refractivity contribution in [2.75, 3.05) is 20.3 Å². The molecule has 0 N–H and O–H groups in total. The molecule has 0 aliphatic rings. The first-order valence-electron chi connectivity index (χ1n) is 7.48. The number of unbranched alkanes of at least 4 members (excludes halogenated alkanes) is 2. The number of ether oxygens (including phenoxy) is 2. The van der Waals surface area contributed by atoms with Gasteiger partial charge in [0.15, 0.2) is 0 Å². The highest BCUT2D eigenvalue weighted by Crippen LogP contribution is 2.12. The average molecular weight is 280 g/mol. The molecule has 0 aromatic rings. The van der Waals surface area contributed by atoms with E-state index in [1.165, 1.54) is 25.5 Å². The summed E-state index contributed by atoms with van der Waals surface area (Å²) >= 11 is 0. The van der Waals surface area contributed by atoms with Gasteiger partial charge in [-0.25, -0.2) is 4.99 Å². The molecule has 0 heterocycles. The smallest absolute Gasteiger partial charge is 0.312 e. The van der Waals surface area contributed by atoms with Crippen LogP contribution in [0.3, 0.4) is 0 Å². The maximum Gasteiger partial charge on any atom is 0.312 e. The van der Waals surface area contributed by atoms with Gasteiger partial charge >= 0.3 is 6.02 Å². The molecule has 0 rings (SSSR count). The minimum atomic E-state index is 0.296. The molecule has 0 fully saturated rings. The van der Waals surface area contributed by atoms with E-state index in [-0.39, 0.29) is 0 Å². The molecule has 4 nitrogen and oxygen atoms in total. The first kappa shape index (κ1) is 18.7. The lowest BCUT2D eigenvalue weighted by molar-refractivity contribution is 0.0200. The van der Waals surface area contributed by atoms with Crippen LogP contribution in [0.2, 0.25) is 0 Å². The van der Waals surface area contributed by atoms with Gasteiger partial charge in [-0.2, -0.15) is 4.99 Å². The fourth-order valence-corrected chi connectivity index (χ4v) is 1.85. The molecule has 0 aliphatic carbocycles. The molecule has 0 radical (unpaired) electrons. The van der Waals surface area contributed by atoms with Crippen molar-refractivity contribution in [1.82, 2.24) is 0 Å². The Balaban J connectivity index is 3.87. The van der Waals surface area contributed by atoms with Crippen LogP contribution in [0.15, 0.2) is 9.98 Å².